The Kier molecular flexibility index (Phi) is 5.43. The molecule has 1 N–H and O–H groups in total. The Hall–Kier alpha value is -2.47. The van der Waals surface area contributed by atoms with Crippen LogP contribution in [-0.2, 0) is 9.53 Å². The lowest BCUT2D eigenvalue weighted by atomic mass is 10.1. The Balaban J connectivity index is 1.84. The second kappa shape index (κ2) is 7.51. The van der Waals surface area contributed by atoms with Gasteiger partial charge in [0.15, 0.2) is 5.78 Å². The second-order valence-corrected chi connectivity index (χ2v) is 5.47. The Morgan fingerprint density at radius 2 is 1.82 bits per heavy atom. The second-order valence-electron chi connectivity index (χ2n) is 4.52. The Morgan fingerprint density at radius 3 is 2.41 bits per heavy atom. The molecule has 0 aliphatic carbocycles. The topological polar surface area (TPSA) is 72.5 Å². The summed E-state index contributed by atoms with van der Waals surface area (Å²) < 4.78 is 4.59. The van der Waals surface area contributed by atoms with Gasteiger partial charge in [0.05, 0.1) is 17.6 Å². The number of thiophene rings is 1. The van der Waals surface area contributed by atoms with Gasteiger partial charge in [-0.2, -0.15) is 0 Å². The number of Topliss-reactive ketones (excluding diaryl/α,β-unsaturated/α-hetero) is 1. The van der Waals surface area contributed by atoms with Gasteiger partial charge in [-0.05, 0) is 35.7 Å². The minimum Gasteiger partial charge on any atom is -0.465 e. The predicted octanol–water partition coefficient (Wildman–Crippen LogP) is 3.14. The van der Waals surface area contributed by atoms with Crippen molar-refractivity contribution >= 4 is 34.7 Å². The molecule has 1 heterocycles. The van der Waals surface area contributed by atoms with Crippen LogP contribution in [-0.4, -0.2) is 24.8 Å². The average molecular weight is 317 g/mol. The van der Waals surface area contributed by atoms with E-state index in [9.17, 15) is 14.4 Å². The minimum atomic E-state index is -0.431. The van der Waals surface area contributed by atoms with Crippen LogP contribution in [0.15, 0.2) is 41.8 Å². The van der Waals surface area contributed by atoms with Crippen LogP contribution >= 0.6 is 11.3 Å². The smallest absolute Gasteiger partial charge is 0.337 e. The van der Waals surface area contributed by atoms with E-state index < -0.39 is 5.97 Å². The standard InChI is InChI=1S/C16H15NO4S/c1-21-16(20)11-4-6-12(7-5-11)17-15(19)9-8-13(18)14-3-2-10-22-14/h2-7,10H,8-9H2,1H3,(H,17,19). The van der Waals surface area contributed by atoms with E-state index >= 15 is 0 Å². The third-order valence-electron chi connectivity index (χ3n) is 2.96. The minimum absolute atomic E-state index is 0.0359. The molecule has 0 aliphatic heterocycles. The molecule has 1 amide bonds. The highest BCUT2D eigenvalue weighted by Gasteiger charge is 2.11. The summed E-state index contributed by atoms with van der Waals surface area (Å²) in [7, 11) is 1.31. The fourth-order valence-electron chi connectivity index (χ4n) is 1.82. The number of carbonyl (C=O) groups is 3. The molecule has 0 saturated heterocycles. The van der Waals surface area contributed by atoms with Crippen LogP contribution in [0.2, 0.25) is 0 Å². The SMILES string of the molecule is COC(=O)c1ccc(NC(=O)CCC(=O)c2cccs2)cc1. The fraction of sp³-hybridized carbons (Fsp3) is 0.188. The van der Waals surface area contributed by atoms with Crippen LogP contribution in [0.4, 0.5) is 5.69 Å². The first-order valence-corrected chi connectivity index (χ1v) is 7.53. The van der Waals surface area contributed by atoms with Crippen molar-refractivity contribution in [3.63, 3.8) is 0 Å². The molecule has 0 aliphatic rings. The van der Waals surface area contributed by atoms with Crippen molar-refractivity contribution < 1.29 is 19.1 Å². The molecule has 5 nitrogen and oxygen atoms in total. The number of anilines is 1. The third-order valence-corrected chi connectivity index (χ3v) is 3.88. The summed E-state index contributed by atoms with van der Waals surface area (Å²) >= 11 is 1.37. The first-order valence-electron chi connectivity index (χ1n) is 6.65. The molecular formula is C16H15NO4S. The van der Waals surface area contributed by atoms with E-state index in [1.807, 2.05) is 5.38 Å². The van der Waals surface area contributed by atoms with Gasteiger partial charge in [0.1, 0.15) is 0 Å². The van der Waals surface area contributed by atoms with Crippen molar-refractivity contribution in [1.82, 2.24) is 0 Å². The van der Waals surface area contributed by atoms with E-state index in [0.29, 0.717) is 16.1 Å². The Morgan fingerprint density at radius 1 is 1.09 bits per heavy atom. The molecule has 0 spiro atoms. The zero-order chi connectivity index (χ0) is 15.9. The average Bonchev–Trinajstić information content (AvgIpc) is 3.07. The van der Waals surface area contributed by atoms with Gasteiger partial charge in [-0.25, -0.2) is 4.79 Å². The number of amides is 1. The molecule has 114 valence electrons. The third kappa shape index (κ3) is 4.26. The van der Waals surface area contributed by atoms with Crippen LogP contribution in [0.3, 0.4) is 0 Å². The first kappa shape index (κ1) is 15.9. The molecule has 0 atom stereocenters. The number of hydrogen-bond donors (Lipinski definition) is 1. The van der Waals surface area contributed by atoms with Gasteiger partial charge in [0.25, 0.3) is 0 Å². The van der Waals surface area contributed by atoms with Crippen molar-refractivity contribution in [1.29, 1.82) is 0 Å². The van der Waals surface area contributed by atoms with Crippen LogP contribution in [0.25, 0.3) is 0 Å². The van der Waals surface area contributed by atoms with E-state index in [2.05, 4.69) is 10.1 Å². The normalized spacial score (nSPS) is 10.0. The number of nitrogens with one attached hydrogen (secondary N) is 1. The molecule has 0 bridgehead atoms. The number of methoxy groups -OCH3 is 1. The van der Waals surface area contributed by atoms with Gasteiger partial charge >= 0.3 is 5.97 Å². The number of hydrogen-bond acceptors (Lipinski definition) is 5. The number of carbonyl (C=O) groups excluding carboxylic acids is 3. The summed E-state index contributed by atoms with van der Waals surface area (Å²) in [4.78, 5) is 35.6. The largest absolute Gasteiger partial charge is 0.465 e. The van der Waals surface area contributed by atoms with Crippen molar-refractivity contribution in [2.24, 2.45) is 0 Å². The molecule has 0 saturated carbocycles. The molecule has 0 radical (unpaired) electrons. The van der Waals surface area contributed by atoms with E-state index in [1.165, 1.54) is 18.4 Å². The van der Waals surface area contributed by atoms with Gasteiger partial charge in [0, 0.05) is 18.5 Å². The van der Waals surface area contributed by atoms with Crippen LogP contribution < -0.4 is 5.32 Å². The zero-order valence-electron chi connectivity index (χ0n) is 12.0. The van der Waals surface area contributed by atoms with E-state index in [1.54, 1.807) is 36.4 Å². The molecule has 22 heavy (non-hydrogen) atoms. The van der Waals surface area contributed by atoms with Crippen molar-refractivity contribution in [2.75, 3.05) is 12.4 Å². The maximum Gasteiger partial charge on any atom is 0.337 e. The zero-order valence-corrected chi connectivity index (χ0v) is 12.8. The van der Waals surface area contributed by atoms with E-state index in [4.69, 9.17) is 0 Å². The van der Waals surface area contributed by atoms with E-state index in [0.717, 1.165) is 0 Å². The van der Waals surface area contributed by atoms with Gasteiger partial charge in [0.2, 0.25) is 5.91 Å². The monoisotopic (exact) mass is 317 g/mol. The van der Waals surface area contributed by atoms with Crippen molar-refractivity contribution in [3.8, 4) is 0 Å². The first-order chi connectivity index (χ1) is 10.6. The molecule has 2 rings (SSSR count). The number of esters is 1. The van der Waals surface area contributed by atoms with Crippen LogP contribution in [0.5, 0.6) is 0 Å². The van der Waals surface area contributed by atoms with Gasteiger partial charge in [-0.3, -0.25) is 9.59 Å². The molecule has 2 aromatic rings. The van der Waals surface area contributed by atoms with Gasteiger partial charge < -0.3 is 10.1 Å². The van der Waals surface area contributed by atoms with E-state index in [-0.39, 0.29) is 24.5 Å². The van der Waals surface area contributed by atoms with Crippen LogP contribution in [0, 0.1) is 0 Å². The highest BCUT2D eigenvalue weighted by atomic mass is 32.1. The number of ketones is 1. The van der Waals surface area contributed by atoms with Crippen LogP contribution in [0.1, 0.15) is 32.9 Å². The lowest BCUT2D eigenvalue weighted by Crippen LogP contribution is -2.13. The summed E-state index contributed by atoms with van der Waals surface area (Å²) in [6.45, 7) is 0. The molecule has 6 heteroatoms. The maximum absolute atomic E-state index is 11.8. The summed E-state index contributed by atoms with van der Waals surface area (Å²) in [5.41, 5.74) is 0.981. The fourth-order valence-corrected chi connectivity index (χ4v) is 2.51. The highest BCUT2D eigenvalue weighted by Crippen LogP contribution is 2.14. The number of rotatable bonds is 6. The molecule has 0 unspecified atom stereocenters. The summed E-state index contributed by atoms with van der Waals surface area (Å²) in [5, 5.41) is 4.52. The van der Waals surface area contributed by atoms with Crippen molar-refractivity contribution in [2.45, 2.75) is 12.8 Å². The quantitative estimate of drug-likeness (QED) is 0.656. The lowest BCUT2D eigenvalue weighted by molar-refractivity contribution is -0.116. The predicted molar refractivity (Wildman–Crippen MR) is 84.3 cm³/mol. The lowest BCUT2D eigenvalue weighted by Gasteiger charge is -2.05. The molecule has 1 aromatic carbocycles. The molecule has 0 fully saturated rings. The number of benzene rings is 1. The summed E-state index contributed by atoms with van der Waals surface area (Å²) in [5.74, 6) is -0.707. The Labute approximate surface area is 131 Å². The summed E-state index contributed by atoms with van der Waals surface area (Å²) in [6, 6.07) is 9.92. The summed E-state index contributed by atoms with van der Waals surface area (Å²) in [6.07, 6.45) is 0.294. The molecule has 1 aromatic heterocycles. The number of ether oxygens (including phenoxy) is 1. The van der Waals surface area contributed by atoms with Gasteiger partial charge in [-0.15, -0.1) is 11.3 Å². The highest BCUT2D eigenvalue weighted by molar-refractivity contribution is 7.12. The maximum atomic E-state index is 11.8. The Bertz CT molecular complexity index is 662. The molecular weight excluding hydrogens is 302 g/mol. The van der Waals surface area contributed by atoms with Gasteiger partial charge in [-0.1, -0.05) is 6.07 Å². The van der Waals surface area contributed by atoms with Crippen molar-refractivity contribution in [3.05, 3.63) is 52.2 Å².